The lowest BCUT2D eigenvalue weighted by Crippen LogP contribution is -2.55. The summed E-state index contributed by atoms with van der Waals surface area (Å²) in [5.41, 5.74) is 3.19. The third-order valence-electron chi connectivity index (χ3n) is 11.4. The van der Waals surface area contributed by atoms with Crippen molar-refractivity contribution in [1.82, 2.24) is 0 Å². The average Bonchev–Trinajstić information content (AvgIpc) is 2.72. The molecular weight excluding hydrogens is 408 g/mol. The summed E-state index contributed by atoms with van der Waals surface area (Å²) in [6.07, 6.45) is 7.77. The van der Waals surface area contributed by atoms with Crippen molar-refractivity contribution in [2.75, 3.05) is 0 Å². The molecule has 0 aromatic rings. The van der Waals surface area contributed by atoms with Gasteiger partial charge in [0.15, 0.2) is 5.78 Å². The van der Waals surface area contributed by atoms with E-state index in [0.717, 1.165) is 50.5 Å². The van der Waals surface area contributed by atoms with E-state index in [1.807, 2.05) is 6.92 Å². The first-order valence-electron chi connectivity index (χ1n) is 13.3. The van der Waals surface area contributed by atoms with Crippen molar-refractivity contribution in [2.45, 2.75) is 112 Å². The lowest BCUT2D eigenvalue weighted by atomic mass is 9.45. The van der Waals surface area contributed by atoms with E-state index in [9.17, 15) is 14.7 Å². The summed E-state index contributed by atoms with van der Waals surface area (Å²) in [7, 11) is 0. The minimum absolute atomic E-state index is 0.0757. The molecule has 3 saturated carbocycles. The van der Waals surface area contributed by atoms with E-state index in [1.54, 1.807) is 0 Å². The second kappa shape index (κ2) is 7.90. The van der Waals surface area contributed by atoms with Crippen molar-refractivity contribution in [1.29, 1.82) is 0 Å². The van der Waals surface area contributed by atoms with Crippen LogP contribution in [0.3, 0.4) is 0 Å². The molecule has 1 N–H and O–H groups in total. The minimum Gasteiger partial charge on any atom is -0.393 e. The predicted molar refractivity (Wildman–Crippen MR) is 134 cm³/mol. The van der Waals surface area contributed by atoms with Crippen LogP contribution in [0.5, 0.6) is 0 Å². The van der Waals surface area contributed by atoms with Crippen LogP contribution in [0.2, 0.25) is 0 Å². The monoisotopic (exact) mass is 454 g/mol. The molecule has 0 radical (unpaired) electrons. The Morgan fingerprint density at radius 1 is 0.970 bits per heavy atom. The Morgan fingerprint density at radius 3 is 2.30 bits per heavy atom. The molecule has 0 aromatic heterocycles. The van der Waals surface area contributed by atoms with Crippen LogP contribution in [-0.2, 0) is 9.59 Å². The van der Waals surface area contributed by atoms with Crippen LogP contribution < -0.4 is 0 Å². The van der Waals surface area contributed by atoms with Gasteiger partial charge in [-0.3, -0.25) is 9.59 Å². The van der Waals surface area contributed by atoms with Gasteiger partial charge >= 0.3 is 0 Å². The zero-order valence-corrected chi connectivity index (χ0v) is 22.1. The normalized spacial score (nSPS) is 42.7. The van der Waals surface area contributed by atoms with Crippen LogP contribution >= 0.6 is 0 Å². The van der Waals surface area contributed by atoms with Gasteiger partial charge in [0.2, 0.25) is 0 Å². The number of aliphatic hydroxyl groups excluding tert-OH is 1. The van der Waals surface area contributed by atoms with Crippen LogP contribution in [0.15, 0.2) is 23.3 Å². The lowest BCUT2D eigenvalue weighted by molar-refractivity contribution is -0.141. The molecule has 33 heavy (non-hydrogen) atoms. The van der Waals surface area contributed by atoms with E-state index >= 15 is 0 Å². The summed E-state index contributed by atoms with van der Waals surface area (Å²) in [4.78, 5) is 25.9. The molecule has 0 aromatic carbocycles. The maximum absolute atomic E-state index is 13.1. The molecule has 4 rings (SSSR count). The summed E-state index contributed by atoms with van der Waals surface area (Å²) in [5.74, 6) is 1.56. The molecule has 184 valence electrons. The summed E-state index contributed by atoms with van der Waals surface area (Å²) in [6, 6.07) is 0. The molecule has 0 spiro atoms. The molecule has 3 fully saturated rings. The van der Waals surface area contributed by atoms with E-state index < -0.39 is 5.41 Å². The van der Waals surface area contributed by atoms with Gasteiger partial charge in [0.1, 0.15) is 5.78 Å². The van der Waals surface area contributed by atoms with Crippen molar-refractivity contribution in [3.63, 3.8) is 0 Å². The second-order valence-electron chi connectivity index (χ2n) is 13.6. The minimum atomic E-state index is -0.441. The number of rotatable bonds is 3. The number of Topliss-reactive ketones (excluding diaryl/α,β-unsaturated/α-hetero) is 2. The van der Waals surface area contributed by atoms with Crippen molar-refractivity contribution in [3.05, 3.63) is 23.3 Å². The Hall–Kier alpha value is -1.22. The van der Waals surface area contributed by atoms with E-state index in [0.29, 0.717) is 30.5 Å². The van der Waals surface area contributed by atoms with Gasteiger partial charge in [-0.05, 0) is 91.4 Å². The highest BCUT2D eigenvalue weighted by atomic mass is 16.3. The van der Waals surface area contributed by atoms with Crippen LogP contribution in [0, 0.1) is 39.4 Å². The first kappa shape index (κ1) is 24.9. The number of carbonyl (C=O) groups is 2. The third-order valence-corrected chi connectivity index (χ3v) is 11.4. The average molecular weight is 455 g/mol. The fraction of sp³-hybridized carbons (Fsp3) is 0.800. The van der Waals surface area contributed by atoms with Gasteiger partial charge in [-0.2, -0.15) is 0 Å². The molecular formula is C30H46O3. The highest BCUT2D eigenvalue weighted by molar-refractivity contribution is 5.98. The van der Waals surface area contributed by atoms with Crippen molar-refractivity contribution in [3.8, 4) is 0 Å². The van der Waals surface area contributed by atoms with Gasteiger partial charge in [-0.25, -0.2) is 0 Å². The second-order valence-corrected chi connectivity index (χ2v) is 13.6. The SMILES string of the molecule is C=C1CC[C@H]2C(C)(C)[C@@H](O)CC[C@]2(C)[C@H]1CCC1=C(C)C(=O)C[C@H]2C(C)(C)C(=O)CC[C@@]12C. The summed E-state index contributed by atoms with van der Waals surface area (Å²) in [5, 5.41) is 10.8. The summed E-state index contributed by atoms with van der Waals surface area (Å²) < 4.78 is 0. The Morgan fingerprint density at radius 2 is 1.64 bits per heavy atom. The van der Waals surface area contributed by atoms with Crippen molar-refractivity contribution >= 4 is 11.6 Å². The molecule has 0 bridgehead atoms. The number of hydrogen-bond acceptors (Lipinski definition) is 3. The molecule has 0 saturated heterocycles. The zero-order valence-electron chi connectivity index (χ0n) is 22.1. The van der Waals surface area contributed by atoms with Gasteiger partial charge in [0.25, 0.3) is 0 Å². The van der Waals surface area contributed by atoms with Gasteiger partial charge in [-0.15, -0.1) is 0 Å². The molecule has 0 amide bonds. The maximum atomic E-state index is 13.1. The molecule has 4 aliphatic carbocycles. The Labute approximate surface area is 201 Å². The standard InChI is InChI=1S/C30H46O3/c1-18-9-12-23-27(3,4)25(32)13-15-29(23,7)20(18)10-11-21-19(2)22(31)17-24-28(5,6)26(33)14-16-30(21,24)8/h20,23-25,32H,1,9-17H2,2-8H3/t20-,23-,24-,25-,29+,30-/m0/s1. The number of ketones is 2. The zero-order chi connectivity index (χ0) is 24.6. The van der Waals surface area contributed by atoms with E-state index in [2.05, 4.69) is 48.1 Å². The molecule has 0 unspecified atom stereocenters. The van der Waals surface area contributed by atoms with Gasteiger partial charge in [-0.1, -0.05) is 59.3 Å². The molecule has 3 heteroatoms. The van der Waals surface area contributed by atoms with Gasteiger partial charge < -0.3 is 5.11 Å². The number of aliphatic hydroxyl groups is 1. The number of fused-ring (bicyclic) bond motifs is 2. The van der Waals surface area contributed by atoms with Crippen LogP contribution in [-0.4, -0.2) is 22.8 Å². The molecule has 0 aliphatic heterocycles. The topological polar surface area (TPSA) is 54.4 Å². The van der Waals surface area contributed by atoms with E-state index in [1.165, 1.54) is 11.1 Å². The van der Waals surface area contributed by atoms with Crippen molar-refractivity contribution in [2.24, 2.45) is 39.4 Å². The Bertz CT molecular complexity index is 906. The fourth-order valence-electron chi connectivity index (χ4n) is 9.10. The van der Waals surface area contributed by atoms with Gasteiger partial charge in [0.05, 0.1) is 6.10 Å². The molecule has 3 nitrogen and oxygen atoms in total. The summed E-state index contributed by atoms with van der Waals surface area (Å²) >= 11 is 0. The highest BCUT2D eigenvalue weighted by Crippen LogP contribution is 2.63. The van der Waals surface area contributed by atoms with E-state index in [-0.39, 0.29) is 34.1 Å². The molecule has 6 atom stereocenters. The molecule has 4 aliphatic rings. The Kier molecular flexibility index (Phi) is 5.96. The summed E-state index contributed by atoms with van der Waals surface area (Å²) in [6.45, 7) is 20.0. The lowest BCUT2D eigenvalue weighted by Gasteiger charge is -2.60. The first-order chi connectivity index (χ1) is 15.2. The molecule has 0 heterocycles. The van der Waals surface area contributed by atoms with Crippen LogP contribution in [0.25, 0.3) is 0 Å². The quantitative estimate of drug-likeness (QED) is 0.475. The number of hydrogen-bond donors (Lipinski definition) is 1. The van der Waals surface area contributed by atoms with E-state index in [4.69, 9.17) is 0 Å². The van der Waals surface area contributed by atoms with Crippen LogP contribution in [0.1, 0.15) is 106 Å². The Balaban J connectivity index is 1.65. The maximum Gasteiger partial charge on any atom is 0.158 e. The van der Waals surface area contributed by atoms with Crippen molar-refractivity contribution < 1.29 is 14.7 Å². The van der Waals surface area contributed by atoms with Gasteiger partial charge in [0, 0.05) is 18.3 Å². The predicted octanol–water partition coefficient (Wildman–Crippen LogP) is 6.84. The van der Waals surface area contributed by atoms with Crippen LogP contribution in [0.4, 0.5) is 0 Å². The number of carbonyl (C=O) groups excluding carboxylic acids is 2. The fourth-order valence-corrected chi connectivity index (χ4v) is 9.10. The first-order valence-corrected chi connectivity index (χ1v) is 13.3. The highest BCUT2D eigenvalue weighted by Gasteiger charge is 2.57. The smallest absolute Gasteiger partial charge is 0.158 e. The third kappa shape index (κ3) is 3.55. The largest absolute Gasteiger partial charge is 0.393 e. The number of allylic oxidation sites excluding steroid dienone is 3.